The van der Waals surface area contributed by atoms with Gasteiger partial charge in [-0.1, -0.05) is 11.6 Å². The van der Waals surface area contributed by atoms with Crippen LogP contribution in [-0.2, 0) is 15.1 Å². The minimum absolute atomic E-state index is 0.254. The first-order valence-electron chi connectivity index (χ1n) is 9.34. The molecule has 1 saturated heterocycles. The molecule has 0 radical (unpaired) electrons. The third-order valence-corrected chi connectivity index (χ3v) is 5.83. The van der Waals surface area contributed by atoms with Gasteiger partial charge in [-0.2, -0.15) is 0 Å². The number of nitrogens with one attached hydrogen (secondary N) is 2. The Kier molecular flexibility index (Phi) is 4.44. The van der Waals surface area contributed by atoms with Gasteiger partial charge in [0.25, 0.3) is 5.91 Å². The number of quaternary nitrogens is 1. The van der Waals surface area contributed by atoms with Crippen LogP contribution in [0.5, 0.6) is 0 Å². The van der Waals surface area contributed by atoms with Crippen molar-refractivity contribution in [2.24, 2.45) is 5.92 Å². The number of fused-ring (bicyclic) bond motifs is 2. The Morgan fingerprint density at radius 2 is 2.04 bits per heavy atom. The van der Waals surface area contributed by atoms with Gasteiger partial charge in [0, 0.05) is 17.7 Å². The lowest BCUT2D eigenvalue weighted by Gasteiger charge is -2.26. The van der Waals surface area contributed by atoms with Crippen molar-refractivity contribution in [3.05, 3.63) is 59.4 Å². The fraction of sp³-hybridized carbons (Fsp3) is 0.333. The van der Waals surface area contributed by atoms with Crippen LogP contribution in [0.15, 0.2) is 42.5 Å². The van der Waals surface area contributed by atoms with E-state index in [1.807, 2.05) is 30.4 Å². The number of carbonyl (C=O) groups is 2. The highest BCUT2D eigenvalue weighted by atomic mass is 19.1. The SMILES string of the molecule is Cc1ccc2c(c1)[C@@]1([NH2+][C@@H]([C@@H](C)O)C[C@@H]1C(=O)Nc1ccc(F)cc1)C(=O)N2. The van der Waals surface area contributed by atoms with E-state index >= 15 is 0 Å². The number of benzene rings is 2. The monoisotopic (exact) mass is 384 g/mol. The summed E-state index contributed by atoms with van der Waals surface area (Å²) in [6, 6.07) is 10.9. The van der Waals surface area contributed by atoms with E-state index in [-0.39, 0.29) is 17.9 Å². The molecule has 6 nitrogen and oxygen atoms in total. The lowest BCUT2D eigenvalue weighted by molar-refractivity contribution is -0.737. The summed E-state index contributed by atoms with van der Waals surface area (Å²) in [6.07, 6.45) is -0.326. The van der Waals surface area contributed by atoms with Gasteiger partial charge in [-0.15, -0.1) is 0 Å². The maximum absolute atomic E-state index is 13.2. The molecule has 2 heterocycles. The molecule has 0 aliphatic carbocycles. The number of hydrogen-bond acceptors (Lipinski definition) is 3. The molecule has 0 unspecified atom stereocenters. The van der Waals surface area contributed by atoms with Gasteiger partial charge in [-0.3, -0.25) is 9.59 Å². The van der Waals surface area contributed by atoms with E-state index in [9.17, 15) is 19.1 Å². The molecule has 7 heteroatoms. The van der Waals surface area contributed by atoms with Crippen molar-refractivity contribution in [1.29, 1.82) is 0 Å². The average Bonchev–Trinajstić information content (AvgIpc) is 3.18. The number of hydrogen-bond donors (Lipinski definition) is 4. The van der Waals surface area contributed by atoms with Crippen LogP contribution in [-0.4, -0.2) is 29.1 Å². The Morgan fingerprint density at radius 1 is 1.32 bits per heavy atom. The molecular formula is C21H23FN3O3+. The lowest BCUT2D eigenvalue weighted by atomic mass is 9.79. The highest BCUT2D eigenvalue weighted by Crippen LogP contribution is 2.43. The fourth-order valence-corrected chi connectivity index (χ4v) is 4.36. The van der Waals surface area contributed by atoms with Crippen LogP contribution in [0, 0.1) is 18.7 Å². The van der Waals surface area contributed by atoms with Gasteiger partial charge < -0.3 is 21.1 Å². The summed E-state index contributed by atoms with van der Waals surface area (Å²) in [5, 5.41) is 17.7. The molecule has 2 amide bonds. The zero-order chi connectivity index (χ0) is 20.1. The van der Waals surface area contributed by atoms with Crippen LogP contribution in [0.1, 0.15) is 24.5 Å². The molecule has 146 valence electrons. The van der Waals surface area contributed by atoms with E-state index in [0.29, 0.717) is 17.8 Å². The van der Waals surface area contributed by atoms with Crippen molar-refractivity contribution >= 4 is 23.2 Å². The minimum Gasteiger partial charge on any atom is -0.387 e. The van der Waals surface area contributed by atoms with Gasteiger partial charge in [-0.25, -0.2) is 4.39 Å². The van der Waals surface area contributed by atoms with E-state index in [0.717, 1.165) is 11.1 Å². The van der Waals surface area contributed by atoms with E-state index in [4.69, 9.17) is 0 Å². The lowest BCUT2D eigenvalue weighted by Crippen LogP contribution is -2.99. The first kappa shape index (κ1) is 18.6. The Morgan fingerprint density at radius 3 is 2.71 bits per heavy atom. The molecule has 0 bridgehead atoms. The summed E-state index contributed by atoms with van der Waals surface area (Å²) < 4.78 is 13.2. The molecule has 0 aromatic heterocycles. The van der Waals surface area contributed by atoms with Crippen LogP contribution >= 0.6 is 0 Å². The Balaban J connectivity index is 1.74. The zero-order valence-corrected chi connectivity index (χ0v) is 15.7. The first-order chi connectivity index (χ1) is 13.3. The molecular weight excluding hydrogens is 361 g/mol. The van der Waals surface area contributed by atoms with Crippen LogP contribution in [0.25, 0.3) is 0 Å². The topological polar surface area (TPSA) is 95.0 Å². The van der Waals surface area contributed by atoms with Gasteiger partial charge in [0.15, 0.2) is 0 Å². The third-order valence-electron chi connectivity index (χ3n) is 5.83. The molecule has 2 aliphatic rings. The molecule has 1 spiro atoms. The second-order valence-corrected chi connectivity index (χ2v) is 7.73. The molecule has 5 N–H and O–H groups in total. The van der Waals surface area contributed by atoms with Crippen molar-refractivity contribution in [3.63, 3.8) is 0 Å². The fourth-order valence-electron chi connectivity index (χ4n) is 4.36. The molecule has 2 aromatic rings. The van der Waals surface area contributed by atoms with Crippen LogP contribution in [0.4, 0.5) is 15.8 Å². The molecule has 4 atom stereocenters. The minimum atomic E-state index is -1.13. The summed E-state index contributed by atoms with van der Waals surface area (Å²) in [5.74, 6) is -1.65. The number of aryl methyl sites for hydroxylation is 1. The van der Waals surface area contributed by atoms with Crippen molar-refractivity contribution in [2.75, 3.05) is 10.6 Å². The summed E-state index contributed by atoms with van der Waals surface area (Å²) in [7, 11) is 0. The molecule has 2 aliphatic heterocycles. The van der Waals surface area contributed by atoms with E-state index < -0.39 is 23.4 Å². The number of rotatable bonds is 3. The number of aliphatic hydroxyl groups excluding tert-OH is 1. The van der Waals surface area contributed by atoms with E-state index in [1.54, 1.807) is 6.92 Å². The van der Waals surface area contributed by atoms with Crippen molar-refractivity contribution in [1.82, 2.24) is 0 Å². The van der Waals surface area contributed by atoms with Crippen LogP contribution in [0.2, 0.25) is 0 Å². The second-order valence-electron chi connectivity index (χ2n) is 7.73. The van der Waals surface area contributed by atoms with Crippen molar-refractivity contribution < 1.29 is 24.4 Å². The van der Waals surface area contributed by atoms with Crippen LogP contribution in [0.3, 0.4) is 0 Å². The zero-order valence-electron chi connectivity index (χ0n) is 15.7. The Hall–Kier alpha value is -2.77. The predicted molar refractivity (Wildman–Crippen MR) is 102 cm³/mol. The summed E-state index contributed by atoms with van der Waals surface area (Å²) in [6.45, 7) is 3.60. The van der Waals surface area contributed by atoms with Gasteiger partial charge in [0.1, 0.15) is 23.9 Å². The Bertz CT molecular complexity index is 944. The highest BCUT2D eigenvalue weighted by molar-refractivity contribution is 6.09. The van der Waals surface area contributed by atoms with Crippen molar-refractivity contribution in [2.45, 2.75) is 38.0 Å². The number of anilines is 2. The second kappa shape index (κ2) is 6.68. The standard InChI is InChI=1S/C21H22FN3O3/c1-11-3-8-17-15(9-11)21(20(28)24-17)16(10-18(25-21)12(2)26)19(27)23-14-6-4-13(22)5-7-14/h3-9,12,16,18,25-26H,10H2,1-2H3,(H,23,27)(H,24,28)/p+1/t12-,16-,18-,21+/m1/s1. The molecule has 4 rings (SSSR count). The summed E-state index contributed by atoms with van der Waals surface area (Å²) in [4.78, 5) is 26.3. The Labute approximate surface area is 162 Å². The maximum Gasteiger partial charge on any atom is 0.291 e. The summed E-state index contributed by atoms with van der Waals surface area (Å²) in [5.41, 5.74) is 1.77. The summed E-state index contributed by atoms with van der Waals surface area (Å²) >= 11 is 0. The normalized spacial score (nSPS) is 26.8. The predicted octanol–water partition coefficient (Wildman–Crippen LogP) is 1.25. The smallest absolute Gasteiger partial charge is 0.291 e. The van der Waals surface area contributed by atoms with Gasteiger partial charge in [0.2, 0.25) is 11.4 Å². The number of carbonyl (C=O) groups excluding carboxylic acids is 2. The quantitative estimate of drug-likeness (QED) is 0.642. The number of aliphatic hydroxyl groups is 1. The average molecular weight is 384 g/mol. The highest BCUT2D eigenvalue weighted by Gasteiger charge is 2.64. The van der Waals surface area contributed by atoms with E-state index in [2.05, 4.69) is 10.6 Å². The molecule has 28 heavy (non-hydrogen) atoms. The molecule has 1 fully saturated rings. The van der Waals surface area contributed by atoms with Gasteiger partial charge in [-0.05, 0) is 50.2 Å². The third kappa shape index (κ3) is 2.87. The first-order valence-corrected chi connectivity index (χ1v) is 9.34. The number of amides is 2. The van der Waals surface area contributed by atoms with E-state index in [1.165, 1.54) is 24.3 Å². The number of nitrogens with two attached hydrogens (primary N) is 1. The largest absolute Gasteiger partial charge is 0.387 e. The van der Waals surface area contributed by atoms with Gasteiger partial charge in [0.05, 0.1) is 5.69 Å². The maximum atomic E-state index is 13.2. The van der Waals surface area contributed by atoms with Gasteiger partial charge >= 0.3 is 0 Å². The molecule has 0 saturated carbocycles. The number of halogens is 1. The molecule has 2 aromatic carbocycles. The van der Waals surface area contributed by atoms with Crippen LogP contribution < -0.4 is 16.0 Å². The van der Waals surface area contributed by atoms with Crippen molar-refractivity contribution in [3.8, 4) is 0 Å².